The van der Waals surface area contributed by atoms with Crippen LogP contribution in [-0.4, -0.2) is 50.8 Å². The van der Waals surface area contributed by atoms with Crippen molar-refractivity contribution in [2.24, 2.45) is 0 Å². The summed E-state index contributed by atoms with van der Waals surface area (Å²) in [6.45, 7) is 0.290. The Morgan fingerprint density at radius 3 is 2.81 bits per heavy atom. The molecule has 1 saturated heterocycles. The second kappa shape index (κ2) is 5.31. The quantitative estimate of drug-likeness (QED) is 0.814. The summed E-state index contributed by atoms with van der Waals surface area (Å²) in [4.78, 5) is 25.9. The van der Waals surface area contributed by atoms with Gasteiger partial charge in [-0.1, -0.05) is 30.3 Å². The number of rotatable bonds is 2. The van der Waals surface area contributed by atoms with Crippen LogP contribution in [0.2, 0.25) is 0 Å². The van der Waals surface area contributed by atoms with Gasteiger partial charge in [0.05, 0.1) is 7.11 Å². The third-order valence-electron chi connectivity index (χ3n) is 3.31. The van der Waals surface area contributed by atoms with Gasteiger partial charge in [-0.2, -0.15) is 4.80 Å². The van der Waals surface area contributed by atoms with Crippen LogP contribution in [0.4, 0.5) is 4.79 Å². The molecule has 2 amide bonds. The predicted molar refractivity (Wildman–Crippen MR) is 71.0 cm³/mol. The molecule has 1 unspecified atom stereocenters. The van der Waals surface area contributed by atoms with Gasteiger partial charge in [-0.15, -0.1) is 10.2 Å². The van der Waals surface area contributed by atoms with Crippen molar-refractivity contribution in [3.63, 3.8) is 0 Å². The first-order valence-corrected chi connectivity index (χ1v) is 6.45. The Morgan fingerprint density at radius 1 is 1.33 bits per heavy atom. The molecule has 21 heavy (non-hydrogen) atoms. The van der Waals surface area contributed by atoms with Crippen molar-refractivity contribution in [2.75, 3.05) is 13.7 Å². The molecule has 2 aromatic rings. The molecule has 0 saturated carbocycles. The van der Waals surface area contributed by atoms with E-state index in [1.54, 1.807) is 0 Å². The van der Waals surface area contributed by atoms with E-state index in [1.807, 2.05) is 30.3 Å². The van der Waals surface area contributed by atoms with Gasteiger partial charge in [0, 0.05) is 12.1 Å². The highest BCUT2D eigenvalue weighted by Crippen LogP contribution is 2.23. The highest BCUT2D eigenvalue weighted by Gasteiger charge is 2.39. The van der Waals surface area contributed by atoms with Gasteiger partial charge in [0.25, 0.3) is 5.91 Å². The number of ether oxygens (including phenoxy) is 1. The fraction of sp³-hybridized carbons (Fsp3) is 0.308. The Labute approximate surface area is 120 Å². The number of nitrogens with zero attached hydrogens (tertiary/aromatic N) is 5. The van der Waals surface area contributed by atoms with Crippen molar-refractivity contribution < 1.29 is 14.3 Å². The minimum absolute atomic E-state index is 0.290. The maximum atomic E-state index is 12.1. The molecule has 1 aliphatic heterocycles. The number of carbonyl (C=O) groups excluding carboxylic acids is 2. The average Bonchev–Trinajstić information content (AvgIpc) is 3.14. The number of aromatic nitrogens is 4. The minimum atomic E-state index is -0.661. The molecular weight excluding hydrogens is 274 g/mol. The number of hydrogen-bond acceptors (Lipinski definition) is 6. The van der Waals surface area contributed by atoms with E-state index in [0.29, 0.717) is 18.8 Å². The number of amides is 2. The Bertz CT molecular complexity index is 669. The standard InChI is InChI=1S/C13H13N5O3/c1-21-13(20)17-8-7-10(12(17)19)18-15-11(14-16-18)9-5-3-2-4-6-9/h2-6,10H,7-8H2,1H3. The van der Waals surface area contributed by atoms with Crippen LogP contribution in [0.5, 0.6) is 0 Å². The van der Waals surface area contributed by atoms with Crippen LogP contribution in [0, 0.1) is 0 Å². The van der Waals surface area contributed by atoms with E-state index in [1.165, 1.54) is 11.9 Å². The molecule has 0 radical (unpaired) electrons. The number of methoxy groups -OCH3 is 1. The van der Waals surface area contributed by atoms with Crippen LogP contribution >= 0.6 is 0 Å². The summed E-state index contributed by atoms with van der Waals surface area (Å²) in [7, 11) is 1.24. The fourth-order valence-electron chi connectivity index (χ4n) is 2.23. The molecule has 0 bridgehead atoms. The molecule has 108 valence electrons. The summed E-state index contributed by atoms with van der Waals surface area (Å²) < 4.78 is 4.56. The predicted octanol–water partition coefficient (Wildman–Crippen LogP) is 0.880. The Morgan fingerprint density at radius 2 is 2.10 bits per heavy atom. The summed E-state index contributed by atoms with van der Waals surface area (Å²) in [5, 5.41) is 12.1. The van der Waals surface area contributed by atoms with Crippen molar-refractivity contribution in [3.05, 3.63) is 30.3 Å². The van der Waals surface area contributed by atoms with E-state index in [0.717, 1.165) is 10.5 Å². The van der Waals surface area contributed by atoms with Gasteiger partial charge < -0.3 is 4.74 Å². The Kier molecular flexibility index (Phi) is 3.35. The number of benzene rings is 1. The molecule has 8 heteroatoms. The van der Waals surface area contributed by atoms with Crippen molar-refractivity contribution in [1.82, 2.24) is 25.1 Å². The Hall–Kier alpha value is -2.77. The minimum Gasteiger partial charge on any atom is -0.452 e. The van der Waals surface area contributed by atoms with Gasteiger partial charge >= 0.3 is 6.09 Å². The average molecular weight is 287 g/mol. The third kappa shape index (κ3) is 2.35. The second-order valence-electron chi connectivity index (χ2n) is 4.56. The largest absolute Gasteiger partial charge is 0.452 e. The van der Waals surface area contributed by atoms with Gasteiger partial charge in [0.2, 0.25) is 5.82 Å². The van der Waals surface area contributed by atoms with E-state index >= 15 is 0 Å². The fourth-order valence-corrected chi connectivity index (χ4v) is 2.23. The summed E-state index contributed by atoms with van der Waals surface area (Å²) in [5.74, 6) is 0.0683. The van der Waals surface area contributed by atoms with Crippen molar-refractivity contribution in [3.8, 4) is 11.4 Å². The molecule has 1 atom stereocenters. The van der Waals surface area contributed by atoms with E-state index < -0.39 is 12.1 Å². The van der Waals surface area contributed by atoms with Crippen LogP contribution in [0.15, 0.2) is 30.3 Å². The third-order valence-corrected chi connectivity index (χ3v) is 3.31. The number of likely N-dealkylation sites (tertiary alicyclic amines) is 1. The molecule has 1 aliphatic rings. The van der Waals surface area contributed by atoms with E-state index in [9.17, 15) is 9.59 Å². The second-order valence-corrected chi connectivity index (χ2v) is 4.56. The molecular formula is C13H13N5O3. The summed E-state index contributed by atoms with van der Waals surface area (Å²) >= 11 is 0. The molecule has 1 aromatic heterocycles. The van der Waals surface area contributed by atoms with Crippen molar-refractivity contribution in [2.45, 2.75) is 12.5 Å². The van der Waals surface area contributed by atoms with Crippen molar-refractivity contribution in [1.29, 1.82) is 0 Å². The van der Waals surface area contributed by atoms with Crippen LogP contribution in [0.1, 0.15) is 12.5 Å². The Balaban J connectivity index is 1.82. The van der Waals surface area contributed by atoms with Gasteiger partial charge in [0.1, 0.15) is 0 Å². The van der Waals surface area contributed by atoms with Crippen molar-refractivity contribution >= 4 is 12.0 Å². The smallest absolute Gasteiger partial charge is 0.416 e. The summed E-state index contributed by atoms with van der Waals surface area (Å²) in [6.07, 6.45) is -0.218. The zero-order chi connectivity index (χ0) is 14.8. The zero-order valence-corrected chi connectivity index (χ0v) is 11.3. The normalized spacial score (nSPS) is 18.0. The monoisotopic (exact) mass is 287 g/mol. The maximum Gasteiger partial charge on any atom is 0.416 e. The first-order valence-electron chi connectivity index (χ1n) is 6.45. The van der Waals surface area contributed by atoms with Gasteiger partial charge in [0.15, 0.2) is 6.04 Å². The number of tetrazole rings is 1. The molecule has 3 rings (SSSR count). The lowest BCUT2D eigenvalue weighted by Gasteiger charge is -2.11. The molecule has 0 spiro atoms. The first-order chi connectivity index (χ1) is 10.2. The van der Waals surface area contributed by atoms with Crippen LogP contribution in [0.3, 0.4) is 0 Å². The van der Waals surface area contributed by atoms with E-state index in [-0.39, 0.29) is 5.91 Å². The topological polar surface area (TPSA) is 90.2 Å². The van der Waals surface area contributed by atoms with Crippen LogP contribution in [-0.2, 0) is 9.53 Å². The summed E-state index contributed by atoms with van der Waals surface area (Å²) in [5.41, 5.74) is 0.819. The number of carbonyl (C=O) groups is 2. The van der Waals surface area contributed by atoms with Gasteiger partial charge in [-0.25, -0.2) is 9.69 Å². The van der Waals surface area contributed by atoms with E-state index in [2.05, 4.69) is 20.1 Å². The van der Waals surface area contributed by atoms with Gasteiger partial charge in [-0.05, 0) is 11.6 Å². The lowest BCUT2D eigenvalue weighted by Crippen LogP contribution is -2.34. The number of imide groups is 1. The summed E-state index contributed by atoms with van der Waals surface area (Å²) in [6, 6.07) is 8.74. The SMILES string of the molecule is COC(=O)N1CCC(n2nnc(-c3ccccc3)n2)C1=O. The highest BCUT2D eigenvalue weighted by molar-refractivity contribution is 5.95. The maximum absolute atomic E-state index is 12.1. The molecule has 1 aromatic carbocycles. The highest BCUT2D eigenvalue weighted by atomic mass is 16.5. The number of hydrogen-bond donors (Lipinski definition) is 0. The molecule has 0 aliphatic carbocycles. The molecule has 2 heterocycles. The van der Waals surface area contributed by atoms with E-state index in [4.69, 9.17) is 0 Å². The van der Waals surface area contributed by atoms with Crippen LogP contribution in [0.25, 0.3) is 11.4 Å². The molecule has 0 N–H and O–H groups in total. The first kappa shape index (κ1) is 13.2. The lowest BCUT2D eigenvalue weighted by molar-refractivity contribution is -0.129. The van der Waals surface area contributed by atoms with Gasteiger partial charge in [-0.3, -0.25) is 4.79 Å². The zero-order valence-electron chi connectivity index (χ0n) is 11.3. The molecule has 8 nitrogen and oxygen atoms in total. The van der Waals surface area contributed by atoms with Crippen LogP contribution < -0.4 is 0 Å². The lowest BCUT2D eigenvalue weighted by atomic mass is 10.2. The molecule has 1 fully saturated rings.